The minimum absolute atomic E-state index is 0.191. The second-order valence-electron chi connectivity index (χ2n) is 5.11. The molecule has 0 radical (unpaired) electrons. The molecule has 0 N–H and O–H groups in total. The number of ether oxygens (including phenoxy) is 1. The van der Waals surface area contributed by atoms with Gasteiger partial charge < -0.3 is 9.64 Å². The van der Waals surface area contributed by atoms with Gasteiger partial charge in [0.25, 0.3) is 0 Å². The van der Waals surface area contributed by atoms with Gasteiger partial charge in [-0.25, -0.2) is 4.79 Å². The van der Waals surface area contributed by atoms with Crippen LogP contribution in [0.4, 0.5) is 0 Å². The van der Waals surface area contributed by atoms with Crippen molar-refractivity contribution in [3.8, 4) is 0 Å². The zero-order valence-corrected chi connectivity index (χ0v) is 14.6. The zero-order valence-electron chi connectivity index (χ0n) is 13.0. The predicted molar refractivity (Wildman–Crippen MR) is 91.6 cm³/mol. The van der Waals surface area contributed by atoms with Crippen molar-refractivity contribution < 1.29 is 14.3 Å². The van der Waals surface area contributed by atoms with Gasteiger partial charge in [0.2, 0.25) is 5.91 Å². The van der Waals surface area contributed by atoms with E-state index in [0.29, 0.717) is 12.1 Å². The molecule has 0 saturated heterocycles. The van der Waals surface area contributed by atoms with Gasteiger partial charge in [-0.15, -0.1) is 0 Å². The first-order valence-corrected chi connectivity index (χ1v) is 7.96. The van der Waals surface area contributed by atoms with Gasteiger partial charge in [-0.2, -0.15) is 0 Å². The molecule has 1 unspecified atom stereocenters. The lowest BCUT2D eigenvalue weighted by Gasteiger charge is -2.29. The van der Waals surface area contributed by atoms with Gasteiger partial charge in [0.15, 0.2) is 6.04 Å². The molecule has 0 saturated carbocycles. The topological polar surface area (TPSA) is 46.6 Å². The normalized spacial score (nSPS) is 11.6. The highest BCUT2D eigenvalue weighted by Crippen LogP contribution is 2.26. The van der Waals surface area contributed by atoms with Gasteiger partial charge in [-0.05, 0) is 23.3 Å². The van der Waals surface area contributed by atoms with Crippen molar-refractivity contribution in [3.63, 3.8) is 0 Å². The quantitative estimate of drug-likeness (QED) is 0.748. The van der Waals surface area contributed by atoms with Crippen LogP contribution in [-0.4, -0.2) is 23.9 Å². The lowest BCUT2D eigenvalue weighted by Crippen LogP contribution is -2.37. The highest BCUT2D eigenvalue weighted by Gasteiger charge is 2.30. The van der Waals surface area contributed by atoms with Crippen molar-refractivity contribution in [2.24, 2.45) is 0 Å². The van der Waals surface area contributed by atoms with Crippen LogP contribution in [-0.2, 0) is 20.9 Å². The van der Waals surface area contributed by atoms with Gasteiger partial charge >= 0.3 is 5.97 Å². The molecule has 2 aromatic rings. The van der Waals surface area contributed by atoms with E-state index < -0.39 is 12.0 Å². The van der Waals surface area contributed by atoms with E-state index in [0.717, 1.165) is 10.0 Å². The van der Waals surface area contributed by atoms with Crippen molar-refractivity contribution in [3.05, 3.63) is 70.2 Å². The Morgan fingerprint density at radius 3 is 2.39 bits per heavy atom. The Balaban J connectivity index is 2.41. The third kappa shape index (κ3) is 4.42. The molecule has 0 fully saturated rings. The number of rotatable bonds is 5. The smallest absolute Gasteiger partial charge is 0.333 e. The molecule has 1 atom stereocenters. The zero-order chi connectivity index (χ0) is 16.8. The summed E-state index contributed by atoms with van der Waals surface area (Å²) in [5.41, 5.74) is 1.66. The summed E-state index contributed by atoms with van der Waals surface area (Å²) in [5, 5.41) is 0. The SMILES string of the molecule is COC(=O)C(c1cccc(Br)c1)N(Cc1ccccc1)C(C)=O. The van der Waals surface area contributed by atoms with Crippen LogP contribution in [0.15, 0.2) is 59.1 Å². The van der Waals surface area contributed by atoms with Crippen LogP contribution in [0.5, 0.6) is 0 Å². The first-order valence-electron chi connectivity index (χ1n) is 7.17. The number of amides is 1. The fraction of sp³-hybridized carbons (Fsp3) is 0.222. The summed E-state index contributed by atoms with van der Waals surface area (Å²) in [6.45, 7) is 1.79. The van der Waals surface area contributed by atoms with Crippen molar-refractivity contribution in [2.75, 3.05) is 7.11 Å². The fourth-order valence-corrected chi connectivity index (χ4v) is 2.81. The second-order valence-corrected chi connectivity index (χ2v) is 6.03. The lowest BCUT2D eigenvalue weighted by atomic mass is 10.0. The molecular weight excluding hydrogens is 358 g/mol. The van der Waals surface area contributed by atoms with E-state index in [9.17, 15) is 9.59 Å². The molecule has 1 amide bonds. The van der Waals surface area contributed by atoms with Crippen molar-refractivity contribution in [2.45, 2.75) is 19.5 Å². The molecule has 120 valence electrons. The predicted octanol–water partition coefficient (Wildman–Crippen LogP) is 3.71. The maximum absolute atomic E-state index is 12.3. The van der Waals surface area contributed by atoms with E-state index in [1.165, 1.54) is 18.9 Å². The van der Waals surface area contributed by atoms with Crippen LogP contribution in [0.25, 0.3) is 0 Å². The maximum atomic E-state index is 12.3. The van der Waals surface area contributed by atoms with Crippen LogP contribution in [0.2, 0.25) is 0 Å². The Morgan fingerprint density at radius 2 is 1.83 bits per heavy atom. The van der Waals surface area contributed by atoms with Crippen molar-refractivity contribution >= 4 is 27.8 Å². The van der Waals surface area contributed by atoms with E-state index in [-0.39, 0.29) is 5.91 Å². The fourth-order valence-electron chi connectivity index (χ4n) is 2.40. The van der Waals surface area contributed by atoms with Gasteiger partial charge in [-0.3, -0.25) is 4.79 Å². The number of nitrogens with zero attached hydrogens (tertiary/aromatic N) is 1. The molecule has 0 spiro atoms. The first kappa shape index (κ1) is 17.2. The summed E-state index contributed by atoms with van der Waals surface area (Å²) in [6, 6.07) is 16.1. The average Bonchev–Trinajstić information content (AvgIpc) is 2.55. The molecule has 2 aromatic carbocycles. The highest BCUT2D eigenvalue weighted by atomic mass is 79.9. The van der Waals surface area contributed by atoms with Crippen LogP contribution < -0.4 is 0 Å². The summed E-state index contributed by atoms with van der Waals surface area (Å²) >= 11 is 3.40. The van der Waals surface area contributed by atoms with Crippen LogP contribution in [0.3, 0.4) is 0 Å². The number of esters is 1. The summed E-state index contributed by atoms with van der Waals surface area (Å²) in [7, 11) is 1.33. The maximum Gasteiger partial charge on any atom is 0.333 e. The standard InChI is InChI=1S/C18H18BrNO3/c1-13(21)20(12-14-7-4-3-5-8-14)17(18(22)23-2)15-9-6-10-16(19)11-15/h3-11,17H,12H2,1-2H3. The summed E-state index contributed by atoms with van der Waals surface area (Å²) in [4.78, 5) is 26.0. The minimum atomic E-state index is -0.782. The molecule has 4 nitrogen and oxygen atoms in total. The molecule has 0 aliphatic heterocycles. The van der Waals surface area contributed by atoms with Gasteiger partial charge in [-0.1, -0.05) is 58.4 Å². The molecule has 0 heterocycles. The Bertz CT molecular complexity index is 688. The largest absolute Gasteiger partial charge is 0.467 e. The van der Waals surface area contributed by atoms with E-state index in [4.69, 9.17) is 4.74 Å². The molecule has 0 bridgehead atoms. The summed E-state index contributed by atoms with van der Waals surface area (Å²) in [6.07, 6.45) is 0. The highest BCUT2D eigenvalue weighted by molar-refractivity contribution is 9.10. The Hall–Kier alpha value is -2.14. The van der Waals surface area contributed by atoms with E-state index in [1.54, 1.807) is 0 Å². The third-order valence-corrected chi connectivity index (χ3v) is 3.99. The lowest BCUT2D eigenvalue weighted by molar-refractivity contribution is -0.153. The summed E-state index contributed by atoms with van der Waals surface area (Å²) in [5.74, 6) is -0.654. The van der Waals surface area contributed by atoms with Crippen LogP contribution >= 0.6 is 15.9 Å². The van der Waals surface area contributed by atoms with Gasteiger partial charge in [0.05, 0.1) is 7.11 Å². The van der Waals surface area contributed by atoms with Crippen molar-refractivity contribution in [1.29, 1.82) is 0 Å². The van der Waals surface area contributed by atoms with Crippen LogP contribution in [0, 0.1) is 0 Å². The minimum Gasteiger partial charge on any atom is -0.467 e. The molecule has 0 aliphatic carbocycles. The number of benzene rings is 2. The number of methoxy groups -OCH3 is 1. The van der Waals surface area contributed by atoms with Gasteiger partial charge in [0, 0.05) is 17.9 Å². The van der Waals surface area contributed by atoms with Crippen LogP contribution in [0.1, 0.15) is 24.1 Å². The van der Waals surface area contributed by atoms with E-state index in [1.807, 2.05) is 54.6 Å². The second kappa shape index (κ2) is 7.92. The van der Waals surface area contributed by atoms with Gasteiger partial charge in [0.1, 0.15) is 0 Å². The molecule has 0 aliphatic rings. The van der Waals surface area contributed by atoms with E-state index >= 15 is 0 Å². The number of halogens is 1. The number of carbonyl (C=O) groups excluding carboxylic acids is 2. The monoisotopic (exact) mass is 375 g/mol. The number of carbonyl (C=O) groups is 2. The number of hydrogen-bond acceptors (Lipinski definition) is 3. The Morgan fingerprint density at radius 1 is 1.13 bits per heavy atom. The molecule has 0 aromatic heterocycles. The Labute approximate surface area is 144 Å². The van der Waals surface area contributed by atoms with E-state index in [2.05, 4.69) is 15.9 Å². The Kier molecular flexibility index (Phi) is 5.93. The number of hydrogen-bond donors (Lipinski definition) is 0. The summed E-state index contributed by atoms with van der Waals surface area (Å²) < 4.78 is 5.77. The average molecular weight is 376 g/mol. The third-order valence-electron chi connectivity index (χ3n) is 3.50. The van der Waals surface area contributed by atoms with Crippen molar-refractivity contribution in [1.82, 2.24) is 4.90 Å². The molecule has 2 rings (SSSR count). The molecule has 5 heteroatoms. The molecular formula is C18H18BrNO3. The first-order chi connectivity index (χ1) is 11.0. The molecule has 23 heavy (non-hydrogen) atoms.